The molecule has 1 atom stereocenters. The lowest BCUT2D eigenvalue weighted by molar-refractivity contribution is -0.133. The molecule has 1 heterocycles. The first-order valence-electron chi connectivity index (χ1n) is 8.87. The van der Waals surface area contributed by atoms with Crippen LogP contribution in [0.4, 0.5) is 0 Å². The van der Waals surface area contributed by atoms with E-state index in [1.807, 2.05) is 30.3 Å². The summed E-state index contributed by atoms with van der Waals surface area (Å²) in [5.41, 5.74) is 2.83. The molecule has 0 spiro atoms. The number of aliphatic carboxylic acids is 2. The number of benzene rings is 1. The number of carboxylic acid groups (broad SMARTS) is 2. The molecule has 0 saturated carbocycles. The summed E-state index contributed by atoms with van der Waals surface area (Å²) in [5.74, 6) is -3.07. The van der Waals surface area contributed by atoms with Gasteiger partial charge in [-0.05, 0) is 30.5 Å². The van der Waals surface area contributed by atoms with Crippen molar-refractivity contribution in [2.75, 3.05) is 0 Å². The maximum Gasteiger partial charge on any atom is 0.334 e. The number of carbonyl (C=O) groups is 2. The molecule has 6 heteroatoms. The Labute approximate surface area is 161 Å². The standard InChI is InChI=1S/C21H27NO4Si/c1-7-16(27(4,5)6)14-10-8-9-11-15(14)19-17(20(23)24)12(2)22-13(3)18(19)21(25)26/h7-11,16,19,22H,1H2,2-6H3,(H,23,24)(H,25,26). The molecule has 1 aliphatic heterocycles. The second-order valence-corrected chi connectivity index (χ2v) is 13.3. The van der Waals surface area contributed by atoms with Crippen molar-refractivity contribution in [3.8, 4) is 0 Å². The number of dihydropyridines is 1. The van der Waals surface area contributed by atoms with Crippen LogP contribution in [0.25, 0.3) is 0 Å². The van der Waals surface area contributed by atoms with Crippen LogP contribution in [0.3, 0.4) is 0 Å². The number of hydrogen-bond donors (Lipinski definition) is 3. The molecule has 1 aliphatic rings. The van der Waals surface area contributed by atoms with E-state index in [1.54, 1.807) is 13.8 Å². The van der Waals surface area contributed by atoms with Gasteiger partial charge in [0.05, 0.1) is 25.1 Å². The molecule has 0 bridgehead atoms. The largest absolute Gasteiger partial charge is 0.478 e. The molecule has 0 saturated heterocycles. The molecule has 0 amide bonds. The Kier molecular flexibility index (Phi) is 5.80. The van der Waals surface area contributed by atoms with E-state index in [2.05, 4.69) is 31.5 Å². The lowest BCUT2D eigenvalue weighted by Crippen LogP contribution is -2.34. The SMILES string of the molecule is C=CC(c1ccccc1C1C(C(=O)O)=C(C)NC(C)=C1C(=O)O)[Si](C)(C)C. The molecule has 1 aromatic carbocycles. The Bertz CT molecular complexity index is 825. The average Bonchev–Trinajstić information content (AvgIpc) is 2.53. The lowest BCUT2D eigenvalue weighted by atomic mass is 9.78. The number of nitrogens with one attached hydrogen (secondary N) is 1. The van der Waals surface area contributed by atoms with Gasteiger partial charge in [0.1, 0.15) is 0 Å². The fourth-order valence-electron chi connectivity index (χ4n) is 3.88. The first-order chi connectivity index (χ1) is 12.5. The summed E-state index contributed by atoms with van der Waals surface area (Å²) in [4.78, 5) is 24.1. The van der Waals surface area contributed by atoms with Gasteiger partial charge in [0.15, 0.2) is 0 Å². The molecule has 3 N–H and O–H groups in total. The molecule has 1 unspecified atom stereocenters. The van der Waals surface area contributed by atoms with Gasteiger partial charge < -0.3 is 15.5 Å². The van der Waals surface area contributed by atoms with Gasteiger partial charge >= 0.3 is 11.9 Å². The Morgan fingerprint density at radius 2 is 1.56 bits per heavy atom. The van der Waals surface area contributed by atoms with Crippen LogP contribution < -0.4 is 5.32 Å². The predicted molar refractivity (Wildman–Crippen MR) is 109 cm³/mol. The first kappa shape index (κ1) is 20.7. The van der Waals surface area contributed by atoms with Gasteiger partial charge in [-0.25, -0.2) is 9.59 Å². The Hall–Kier alpha value is -2.60. The third-order valence-electron chi connectivity index (χ3n) is 5.03. The zero-order valence-electron chi connectivity index (χ0n) is 16.5. The van der Waals surface area contributed by atoms with Crippen molar-refractivity contribution in [1.29, 1.82) is 0 Å². The molecule has 5 nitrogen and oxygen atoms in total. The average molecular weight is 386 g/mol. The highest BCUT2D eigenvalue weighted by atomic mass is 28.3. The van der Waals surface area contributed by atoms with E-state index in [0.29, 0.717) is 11.4 Å². The molecule has 0 aromatic heterocycles. The summed E-state index contributed by atoms with van der Waals surface area (Å²) >= 11 is 0. The summed E-state index contributed by atoms with van der Waals surface area (Å²) < 4.78 is 0. The predicted octanol–water partition coefficient (Wildman–Crippen LogP) is 4.24. The quantitative estimate of drug-likeness (QED) is 0.504. The fraction of sp³-hybridized carbons (Fsp3) is 0.333. The molecule has 0 radical (unpaired) electrons. The van der Waals surface area contributed by atoms with E-state index >= 15 is 0 Å². The molecular formula is C21H27NO4Si. The summed E-state index contributed by atoms with van der Waals surface area (Å²) in [6.07, 6.45) is 1.90. The Balaban J connectivity index is 2.84. The van der Waals surface area contributed by atoms with Crippen LogP contribution in [0.1, 0.15) is 36.4 Å². The summed E-state index contributed by atoms with van der Waals surface area (Å²) in [5, 5.41) is 22.6. The van der Waals surface area contributed by atoms with E-state index < -0.39 is 25.9 Å². The third-order valence-corrected chi connectivity index (χ3v) is 7.44. The topological polar surface area (TPSA) is 86.6 Å². The van der Waals surface area contributed by atoms with E-state index in [0.717, 1.165) is 11.1 Å². The van der Waals surface area contributed by atoms with Crippen LogP contribution >= 0.6 is 0 Å². The highest BCUT2D eigenvalue weighted by Crippen LogP contribution is 2.42. The van der Waals surface area contributed by atoms with Crippen molar-refractivity contribution in [3.63, 3.8) is 0 Å². The fourth-order valence-corrected chi connectivity index (χ4v) is 5.78. The molecule has 1 aromatic rings. The van der Waals surface area contributed by atoms with Crippen LogP contribution in [0, 0.1) is 0 Å². The van der Waals surface area contributed by atoms with Crippen molar-refractivity contribution >= 4 is 20.0 Å². The molecule has 27 heavy (non-hydrogen) atoms. The monoisotopic (exact) mass is 385 g/mol. The van der Waals surface area contributed by atoms with Gasteiger partial charge in [-0.3, -0.25) is 0 Å². The number of allylic oxidation sites excluding steroid dienone is 3. The normalized spacial score (nSPS) is 16.8. The molecule has 2 rings (SSSR count). The van der Waals surface area contributed by atoms with Gasteiger partial charge in [-0.2, -0.15) is 0 Å². The van der Waals surface area contributed by atoms with E-state index in [1.165, 1.54) is 0 Å². The van der Waals surface area contributed by atoms with Crippen molar-refractivity contribution in [1.82, 2.24) is 5.32 Å². The van der Waals surface area contributed by atoms with Crippen LogP contribution in [-0.2, 0) is 9.59 Å². The number of carboxylic acids is 2. The highest BCUT2D eigenvalue weighted by Gasteiger charge is 2.39. The maximum absolute atomic E-state index is 12.0. The van der Waals surface area contributed by atoms with Crippen LogP contribution in [-0.4, -0.2) is 30.2 Å². The van der Waals surface area contributed by atoms with Crippen LogP contribution in [0.15, 0.2) is 59.5 Å². The van der Waals surface area contributed by atoms with Gasteiger partial charge in [0, 0.05) is 11.4 Å². The Morgan fingerprint density at radius 1 is 1.07 bits per heavy atom. The Morgan fingerprint density at radius 3 is 1.96 bits per heavy atom. The van der Waals surface area contributed by atoms with Gasteiger partial charge in [-0.15, -0.1) is 6.58 Å². The van der Waals surface area contributed by atoms with Crippen molar-refractivity contribution < 1.29 is 19.8 Å². The smallest absolute Gasteiger partial charge is 0.334 e. The summed E-state index contributed by atoms with van der Waals surface area (Å²) in [7, 11) is -1.72. The lowest BCUT2D eigenvalue weighted by Gasteiger charge is -2.33. The highest BCUT2D eigenvalue weighted by molar-refractivity contribution is 6.78. The van der Waals surface area contributed by atoms with Crippen molar-refractivity contribution in [2.24, 2.45) is 0 Å². The first-order valence-corrected chi connectivity index (χ1v) is 12.4. The third kappa shape index (κ3) is 3.90. The second-order valence-electron chi connectivity index (χ2n) is 7.95. The molecular weight excluding hydrogens is 358 g/mol. The van der Waals surface area contributed by atoms with Crippen molar-refractivity contribution in [2.45, 2.75) is 44.9 Å². The zero-order chi connectivity index (χ0) is 20.5. The van der Waals surface area contributed by atoms with Gasteiger partial charge in [0.25, 0.3) is 0 Å². The van der Waals surface area contributed by atoms with Crippen LogP contribution in [0.2, 0.25) is 19.6 Å². The van der Waals surface area contributed by atoms with Crippen molar-refractivity contribution in [3.05, 3.63) is 70.6 Å². The van der Waals surface area contributed by atoms with Gasteiger partial charge in [-0.1, -0.05) is 50.0 Å². The van der Waals surface area contributed by atoms with E-state index in [-0.39, 0.29) is 16.7 Å². The molecule has 0 fully saturated rings. The minimum atomic E-state index is -1.72. The van der Waals surface area contributed by atoms with Gasteiger partial charge in [0.2, 0.25) is 0 Å². The van der Waals surface area contributed by atoms with Crippen LogP contribution in [0.5, 0.6) is 0 Å². The molecule has 144 valence electrons. The van der Waals surface area contributed by atoms with E-state index in [9.17, 15) is 19.8 Å². The zero-order valence-corrected chi connectivity index (χ0v) is 17.5. The minimum Gasteiger partial charge on any atom is -0.478 e. The summed E-state index contributed by atoms with van der Waals surface area (Å²) in [6.45, 7) is 14.0. The minimum absolute atomic E-state index is 0.0730. The van der Waals surface area contributed by atoms with E-state index in [4.69, 9.17) is 0 Å². The number of hydrogen-bond acceptors (Lipinski definition) is 3. The maximum atomic E-state index is 12.0. The molecule has 0 aliphatic carbocycles. The second kappa shape index (κ2) is 7.56. The summed E-state index contributed by atoms with van der Waals surface area (Å²) in [6, 6.07) is 7.54. The number of rotatable bonds is 6.